The topological polar surface area (TPSA) is 30.7 Å². The predicted octanol–water partition coefficient (Wildman–Crippen LogP) is 4.22. The minimum Gasteiger partial charge on any atom is -0.322 e. The van der Waals surface area contributed by atoms with Crippen LogP contribution in [-0.2, 0) is 13.0 Å². The number of imidazole rings is 1. The van der Waals surface area contributed by atoms with Gasteiger partial charge in [0.1, 0.15) is 5.82 Å². The molecule has 0 aliphatic rings. The van der Waals surface area contributed by atoms with Gasteiger partial charge in [0, 0.05) is 23.0 Å². The molecule has 0 aliphatic heterocycles. The van der Waals surface area contributed by atoms with Gasteiger partial charge in [0.05, 0.1) is 23.3 Å². The zero-order chi connectivity index (χ0) is 14.8. The molecular weight excluding hydrogens is 305 g/mol. The number of rotatable bonds is 4. The number of fused-ring (bicyclic) bond motifs is 1. The molecule has 21 heavy (non-hydrogen) atoms. The van der Waals surface area contributed by atoms with Crippen LogP contribution in [0.3, 0.4) is 0 Å². The van der Waals surface area contributed by atoms with E-state index in [0.717, 1.165) is 34.7 Å². The molecule has 0 saturated carbocycles. The largest absolute Gasteiger partial charge is 0.322 e. The molecule has 2 heterocycles. The van der Waals surface area contributed by atoms with Crippen molar-refractivity contribution < 1.29 is 0 Å². The Bertz CT molecular complexity index is 780. The third-order valence-corrected chi connectivity index (χ3v) is 3.80. The van der Waals surface area contributed by atoms with Crippen LogP contribution in [0.4, 0.5) is 0 Å². The van der Waals surface area contributed by atoms with Crippen LogP contribution in [-0.4, -0.2) is 20.4 Å². The molecular formula is C16H15Cl2N3. The molecule has 1 aromatic carbocycles. The number of halogens is 2. The van der Waals surface area contributed by atoms with Crippen molar-refractivity contribution in [2.24, 2.45) is 0 Å². The number of nitrogens with zero attached hydrogens (tertiary/aromatic N) is 3. The van der Waals surface area contributed by atoms with Crippen LogP contribution in [0, 0.1) is 6.92 Å². The maximum atomic E-state index is 6.12. The van der Waals surface area contributed by atoms with Gasteiger partial charge in [-0.2, -0.15) is 0 Å². The molecule has 108 valence electrons. The third-order valence-electron chi connectivity index (χ3n) is 3.37. The first-order valence-corrected chi connectivity index (χ1v) is 7.72. The van der Waals surface area contributed by atoms with E-state index < -0.39 is 0 Å². The standard InChI is InChI=1S/C16H15Cl2N3/c1-11-3-2-4-13(19-11)10-21-15-9-12(18)5-6-14(15)20-16(21)7-8-17/h2-6,9H,7-8,10H2,1H3. The maximum absolute atomic E-state index is 6.12. The molecule has 0 aliphatic carbocycles. The van der Waals surface area contributed by atoms with E-state index >= 15 is 0 Å². The van der Waals surface area contributed by atoms with E-state index in [2.05, 4.69) is 14.5 Å². The molecule has 5 heteroatoms. The zero-order valence-corrected chi connectivity index (χ0v) is 13.2. The summed E-state index contributed by atoms with van der Waals surface area (Å²) in [5, 5.41) is 0.707. The molecule has 0 spiro atoms. The molecule has 0 radical (unpaired) electrons. The quantitative estimate of drug-likeness (QED) is 0.674. The SMILES string of the molecule is Cc1cccc(Cn2c(CCCl)nc3ccc(Cl)cc32)n1. The molecule has 0 fully saturated rings. The molecule has 2 aromatic heterocycles. The van der Waals surface area contributed by atoms with Crippen molar-refractivity contribution in [1.29, 1.82) is 0 Å². The minimum absolute atomic E-state index is 0.540. The van der Waals surface area contributed by atoms with Crippen molar-refractivity contribution in [3.8, 4) is 0 Å². The number of hydrogen-bond acceptors (Lipinski definition) is 2. The number of benzene rings is 1. The molecule has 0 saturated heterocycles. The Labute approximate surface area is 133 Å². The van der Waals surface area contributed by atoms with Crippen LogP contribution in [0.5, 0.6) is 0 Å². The first kappa shape index (κ1) is 14.4. The molecule has 0 unspecified atom stereocenters. The third kappa shape index (κ3) is 3.04. The van der Waals surface area contributed by atoms with Crippen molar-refractivity contribution in [2.45, 2.75) is 19.9 Å². The Morgan fingerprint density at radius 2 is 2.00 bits per heavy atom. The van der Waals surface area contributed by atoms with Crippen LogP contribution in [0.1, 0.15) is 17.2 Å². The Hall–Kier alpha value is -1.58. The maximum Gasteiger partial charge on any atom is 0.111 e. The average Bonchev–Trinajstić information content (AvgIpc) is 2.77. The molecule has 0 bridgehead atoms. The normalized spacial score (nSPS) is 11.2. The lowest BCUT2D eigenvalue weighted by atomic mass is 10.3. The first-order valence-electron chi connectivity index (χ1n) is 6.80. The van der Waals surface area contributed by atoms with Gasteiger partial charge >= 0.3 is 0 Å². The number of aromatic nitrogens is 3. The number of aryl methyl sites for hydroxylation is 2. The van der Waals surface area contributed by atoms with Crippen molar-refractivity contribution in [3.05, 3.63) is 58.6 Å². The monoisotopic (exact) mass is 319 g/mol. The Kier molecular flexibility index (Phi) is 4.13. The van der Waals surface area contributed by atoms with Crippen LogP contribution < -0.4 is 0 Å². The second kappa shape index (κ2) is 6.04. The lowest BCUT2D eigenvalue weighted by Gasteiger charge is -2.09. The van der Waals surface area contributed by atoms with Gasteiger partial charge in [-0.05, 0) is 37.3 Å². The van der Waals surface area contributed by atoms with Crippen LogP contribution in [0.25, 0.3) is 11.0 Å². The fourth-order valence-electron chi connectivity index (χ4n) is 2.45. The number of alkyl halides is 1. The van der Waals surface area contributed by atoms with Crippen molar-refractivity contribution in [2.75, 3.05) is 5.88 Å². The summed E-state index contributed by atoms with van der Waals surface area (Å²) >= 11 is 12.0. The van der Waals surface area contributed by atoms with Crippen LogP contribution >= 0.6 is 23.2 Å². The van der Waals surface area contributed by atoms with Gasteiger partial charge < -0.3 is 4.57 Å². The van der Waals surface area contributed by atoms with Crippen molar-refractivity contribution in [1.82, 2.24) is 14.5 Å². The van der Waals surface area contributed by atoms with Gasteiger partial charge in [-0.15, -0.1) is 11.6 Å². The van der Waals surface area contributed by atoms with E-state index in [-0.39, 0.29) is 0 Å². The highest BCUT2D eigenvalue weighted by atomic mass is 35.5. The summed E-state index contributed by atoms with van der Waals surface area (Å²) in [4.78, 5) is 9.22. The van der Waals surface area contributed by atoms with E-state index in [1.54, 1.807) is 0 Å². The molecule has 0 amide bonds. The molecule has 3 nitrogen and oxygen atoms in total. The summed E-state index contributed by atoms with van der Waals surface area (Å²) in [6, 6.07) is 11.8. The van der Waals surface area contributed by atoms with E-state index in [0.29, 0.717) is 17.4 Å². The Morgan fingerprint density at radius 3 is 2.76 bits per heavy atom. The zero-order valence-electron chi connectivity index (χ0n) is 11.7. The second-order valence-corrected chi connectivity index (χ2v) is 5.77. The lowest BCUT2D eigenvalue weighted by molar-refractivity contribution is 0.735. The Balaban J connectivity index is 2.10. The lowest BCUT2D eigenvalue weighted by Crippen LogP contribution is -2.07. The van der Waals surface area contributed by atoms with E-state index in [1.165, 1.54) is 0 Å². The van der Waals surface area contributed by atoms with Gasteiger partial charge in [0.25, 0.3) is 0 Å². The molecule has 0 N–H and O–H groups in total. The Morgan fingerprint density at radius 1 is 1.14 bits per heavy atom. The highest BCUT2D eigenvalue weighted by Gasteiger charge is 2.11. The van der Waals surface area contributed by atoms with Gasteiger partial charge in [-0.25, -0.2) is 4.98 Å². The average molecular weight is 320 g/mol. The summed E-state index contributed by atoms with van der Waals surface area (Å²) in [5.41, 5.74) is 3.97. The smallest absolute Gasteiger partial charge is 0.111 e. The van der Waals surface area contributed by atoms with E-state index in [4.69, 9.17) is 23.2 Å². The fraction of sp³-hybridized carbons (Fsp3) is 0.250. The minimum atomic E-state index is 0.540. The van der Waals surface area contributed by atoms with Crippen LogP contribution in [0.15, 0.2) is 36.4 Å². The molecule has 3 rings (SSSR count). The number of pyridine rings is 1. The van der Waals surface area contributed by atoms with Crippen molar-refractivity contribution in [3.63, 3.8) is 0 Å². The summed E-state index contributed by atoms with van der Waals surface area (Å²) in [6.45, 7) is 2.66. The first-order chi connectivity index (χ1) is 10.2. The van der Waals surface area contributed by atoms with Crippen LogP contribution in [0.2, 0.25) is 5.02 Å². The van der Waals surface area contributed by atoms with E-state index in [9.17, 15) is 0 Å². The summed E-state index contributed by atoms with van der Waals surface area (Å²) < 4.78 is 2.14. The van der Waals surface area contributed by atoms with Gasteiger partial charge in [-0.1, -0.05) is 17.7 Å². The summed E-state index contributed by atoms with van der Waals surface area (Å²) in [5.74, 6) is 1.50. The van der Waals surface area contributed by atoms with Crippen molar-refractivity contribution >= 4 is 34.2 Å². The molecule has 3 aromatic rings. The number of hydrogen-bond donors (Lipinski definition) is 0. The summed E-state index contributed by atoms with van der Waals surface area (Å²) in [7, 11) is 0. The second-order valence-electron chi connectivity index (χ2n) is 4.96. The highest BCUT2D eigenvalue weighted by molar-refractivity contribution is 6.31. The van der Waals surface area contributed by atoms with Gasteiger partial charge in [0.2, 0.25) is 0 Å². The predicted molar refractivity (Wildman–Crippen MR) is 87.2 cm³/mol. The van der Waals surface area contributed by atoms with E-state index in [1.807, 2.05) is 43.3 Å². The van der Waals surface area contributed by atoms with Gasteiger partial charge in [0.15, 0.2) is 0 Å². The molecule has 0 atom stereocenters. The van der Waals surface area contributed by atoms with Gasteiger partial charge in [-0.3, -0.25) is 4.98 Å². The highest BCUT2D eigenvalue weighted by Crippen LogP contribution is 2.22. The fourth-order valence-corrected chi connectivity index (χ4v) is 2.78. The summed E-state index contributed by atoms with van der Waals surface area (Å²) in [6.07, 6.45) is 0.722.